The Hall–Kier alpha value is -2.72. The van der Waals surface area contributed by atoms with Gasteiger partial charge in [0.05, 0.1) is 6.17 Å². The third kappa shape index (κ3) is 3.65. The minimum Gasteiger partial charge on any atom is -0.337 e. The van der Waals surface area contributed by atoms with Crippen molar-refractivity contribution in [2.75, 3.05) is 6.54 Å². The van der Waals surface area contributed by atoms with Crippen LogP contribution in [0.3, 0.4) is 0 Å². The Morgan fingerprint density at radius 2 is 1.76 bits per heavy atom. The highest BCUT2D eigenvalue weighted by molar-refractivity contribution is 5.98. The quantitative estimate of drug-likeness (QED) is 0.733. The zero-order valence-corrected chi connectivity index (χ0v) is 16.9. The molecule has 4 heteroatoms. The summed E-state index contributed by atoms with van der Waals surface area (Å²) in [6.07, 6.45) is 5.77. The number of rotatable bonds is 3. The van der Waals surface area contributed by atoms with Crippen molar-refractivity contribution < 1.29 is 4.79 Å². The molecule has 5 rings (SSSR count). The van der Waals surface area contributed by atoms with Gasteiger partial charge in [-0.15, -0.1) is 0 Å². The maximum absolute atomic E-state index is 12.8. The first-order valence-corrected chi connectivity index (χ1v) is 10.7. The Labute approximate surface area is 171 Å². The molecule has 29 heavy (non-hydrogen) atoms. The lowest BCUT2D eigenvalue weighted by Gasteiger charge is -2.34. The van der Waals surface area contributed by atoms with E-state index in [1.165, 1.54) is 35.4 Å². The highest BCUT2D eigenvalue weighted by Crippen LogP contribution is 2.26. The highest BCUT2D eigenvalue weighted by atomic mass is 16.1. The van der Waals surface area contributed by atoms with Gasteiger partial charge >= 0.3 is 0 Å². The average molecular weight is 386 g/mol. The Bertz CT molecular complexity index is 1070. The third-order valence-corrected chi connectivity index (χ3v) is 6.38. The number of hydrogen-bond donors (Lipinski definition) is 1. The molecule has 0 spiro atoms. The summed E-state index contributed by atoms with van der Waals surface area (Å²) in [7, 11) is 0. The van der Waals surface area contributed by atoms with Crippen molar-refractivity contribution in [1.29, 1.82) is 0 Å². The smallest absolute Gasteiger partial charge is 0.252 e. The van der Waals surface area contributed by atoms with Crippen molar-refractivity contribution >= 4 is 16.7 Å². The molecule has 1 N–H and O–H groups in total. The van der Waals surface area contributed by atoms with Crippen LogP contribution in [0.5, 0.6) is 0 Å². The second-order valence-corrected chi connectivity index (χ2v) is 8.34. The molecule has 1 aliphatic carbocycles. The van der Waals surface area contributed by atoms with Gasteiger partial charge in [-0.25, -0.2) is 0 Å². The number of carbonyl (C=O) groups is 1. The van der Waals surface area contributed by atoms with Crippen LogP contribution >= 0.6 is 0 Å². The maximum atomic E-state index is 12.8. The first-order chi connectivity index (χ1) is 14.2. The highest BCUT2D eigenvalue weighted by Gasteiger charge is 2.25. The van der Waals surface area contributed by atoms with Gasteiger partial charge in [-0.2, -0.15) is 0 Å². The van der Waals surface area contributed by atoms with Crippen LogP contribution in [-0.2, 0) is 25.8 Å². The molecule has 2 aromatic carbocycles. The van der Waals surface area contributed by atoms with E-state index in [1.807, 2.05) is 36.4 Å². The molecule has 2 aliphatic rings. The number of pyridine rings is 1. The number of nitrogens with zero attached hydrogens (tertiary/aromatic N) is 2. The summed E-state index contributed by atoms with van der Waals surface area (Å²) in [6.45, 7) is 3.86. The number of aryl methyl sites for hydroxylation is 2. The van der Waals surface area contributed by atoms with Crippen molar-refractivity contribution in [1.82, 2.24) is 15.2 Å². The number of amides is 1. The number of fused-ring (bicyclic) bond motifs is 3. The summed E-state index contributed by atoms with van der Waals surface area (Å²) in [5.41, 5.74) is 6.06. The van der Waals surface area contributed by atoms with E-state index in [2.05, 4.69) is 29.3 Å². The second kappa shape index (κ2) is 7.60. The molecule has 3 aromatic rings. The molecular weight excluding hydrogens is 358 g/mol. The average Bonchev–Trinajstić information content (AvgIpc) is 2.76. The fourth-order valence-electron chi connectivity index (χ4n) is 4.65. The number of hydrogen-bond acceptors (Lipinski definition) is 3. The molecule has 0 bridgehead atoms. The molecule has 2 heterocycles. The van der Waals surface area contributed by atoms with Gasteiger partial charge in [0.15, 0.2) is 0 Å². The lowest BCUT2D eigenvalue weighted by atomic mass is 9.92. The molecule has 0 saturated carbocycles. The van der Waals surface area contributed by atoms with Crippen LogP contribution in [0.15, 0.2) is 48.5 Å². The molecule has 0 fully saturated rings. The minimum absolute atomic E-state index is 0.0156. The van der Waals surface area contributed by atoms with E-state index in [9.17, 15) is 4.79 Å². The number of nitrogens with one attached hydrogen (secondary N) is 1. The predicted molar refractivity (Wildman–Crippen MR) is 116 cm³/mol. The molecule has 4 nitrogen and oxygen atoms in total. The van der Waals surface area contributed by atoms with Crippen molar-refractivity contribution in [3.05, 3.63) is 76.6 Å². The van der Waals surface area contributed by atoms with Gasteiger partial charge in [0, 0.05) is 36.5 Å². The molecule has 1 atom stereocenters. The van der Waals surface area contributed by atoms with Crippen LogP contribution in [0.4, 0.5) is 0 Å². The molecule has 1 aromatic heterocycles. The van der Waals surface area contributed by atoms with Gasteiger partial charge in [-0.05, 0) is 66.6 Å². The first-order valence-electron chi connectivity index (χ1n) is 10.7. The molecule has 0 radical (unpaired) electrons. The summed E-state index contributed by atoms with van der Waals surface area (Å²) in [4.78, 5) is 20.1. The van der Waals surface area contributed by atoms with Gasteiger partial charge < -0.3 is 5.32 Å². The van der Waals surface area contributed by atoms with Crippen molar-refractivity contribution in [2.24, 2.45) is 0 Å². The molecule has 1 unspecified atom stereocenters. The largest absolute Gasteiger partial charge is 0.337 e. The van der Waals surface area contributed by atoms with Crippen LogP contribution in [0.1, 0.15) is 52.6 Å². The van der Waals surface area contributed by atoms with E-state index in [0.29, 0.717) is 5.56 Å². The third-order valence-electron chi connectivity index (χ3n) is 6.38. The summed E-state index contributed by atoms with van der Waals surface area (Å²) < 4.78 is 0. The zero-order chi connectivity index (χ0) is 19.8. The first kappa shape index (κ1) is 18.3. The van der Waals surface area contributed by atoms with E-state index in [4.69, 9.17) is 4.98 Å². The summed E-state index contributed by atoms with van der Waals surface area (Å²) in [5, 5.41) is 5.44. The molecule has 1 aliphatic heterocycles. The summed E-state index contributed by atoms with van der Waals surface area (Å²) >= 11 is 0. The lowest BCUT2D eigenvalue weighted by Crippen LogP contribution is -2.48. The minimum atomic E-state index is -0.0161. The normalized spacial score (nSPS) is 17.4. The van der Waals surface area contributed by atoms with Gasteiger partial charge in [0.25, 0.3) is 5.91 Å². The van der Waals surface area contributed by atoms with Gasteiger partial charge in [0.2, 0.25) is 0 Å². The topological polar surface area (TPSA) is 45.2 Å². The molecule has 0 saturated heterocycles. The second-order valence-electron chi connectivity index (χ2n) is 8.34. The molecule has 1 amide bonds. The van der Waals surface area contributed by atoms with Crippen LogP contribution in [0.2, 0.25) is 0 Å². The maximum Gasteiger partial charge on any atom is 0.252 e. The van der Waals surface area contributed by atoms with E-state index in [1.54, 1.807) is 0 Å². The Morgan fingerprint density at radius 1 is 0.966 bits per heavy atom. The van der Waals surface area contributed by atoms with Crippen molar-refractivity contribution in [2.45, 2.75) is 51.7 Å². The van der Waals surface area contributed by atoms with Crippen LogP contribution in [0, 0.1) is 0 Å². The lowest BCUT2D eigenvalue weighted by molar-refractivity contribution is 0.0848. The van der Waals surface area contributed by atoms with E-state index in [-0.39, 0.29) is 12.1 Å². The van der Waals surface area contributed by atoms with E-state index < -0.39 is 0 Å². The van der Waals surface area contributed by atoms with E-state index >= 15 is 0 Å². The fraction of sp³-hybridized carbons (Fsp3) is 0.360. The standard InChI is InChI=1S/C25H27N3O/c1-17(26-25(29)21-11-10-18-6-2-3-7-19(18)14-21)28-13-12-24-22(16-28)15-20-8-4-5-9-23(20)27-24/h2-3,6-7,10-11,14-15,17H,4-5,8-9,12-13,16H2,1H3,(H,26,29). The Balaban J connectivity index is 1.29. The van der Waals surface area contributed by atoms with Crippen LogP contribution in [-0.4, -0.2) is 28.5 Å². The fourth-order valence-corrected chi connectivity index (χ4v) is 4.65. The Kier molecular flexibility index (Phi) is 4.80. The van der Waals surface area contributed by atoms with Gasteiger partial charge in [0.1, 0.15) is 0 Å². The summed E-state index contributed by atoms with van der Waals surface area (Å²) in [6, 6.07) is 16.4. The van der Waals surface area contributed by atoms with Crippen LogP contribution < -0.4 is 5.32 Å². The SMILES string of the molecule is CC(NC(=O)c1ccc2ccccc2c1)N1CCc2nc3c(cc2C1)CCCC3. The van der Waals surface area contributed by atoms with Crippen molar-refractivity contribution in [3.63, 3.8) is 0 Å². The molecular formula is C25H27N3O. The number of aromatic nitrogens is 1. The predicted octanol–water partition coefficient (Wildman–Crippen LogP) is 4.25. The van der Waals surface area contributed by atoms with E-state index in [0.717, 1.165) is 43.1 Å². The number of benzene rings is 2. The van der Waals surface area contributed by atoms with Gasteiger partial charge in [-0.1, -0.05) is 36.4 Å². The number of carbonyl (C=O) groups excluding carboxylic acids is 1. The Morgan fingerprint density at radius 3 is 2.66 bits per heavy atom. The summed E-state index contributed by atoms with van der Waals surface area (Å²) in [5.74, 6) is -0.0161. The van der Waals surface area contributed by atoms with Crippen LogP contribution in [0.25, 0.3) is 10.8 Å². The van der Waals surface area contributed by atoms with Crippen molar-refractivity contribution in [3.8, 4) is 0 Å². The van der Waals surface area contributed by atoms with Gasteiger partial charge in [-0.3, -0.25) is 14.7 Å². The zero-order valence-electron chi connectivity index (χ0n) is 16.9. The monoisotopic (exact) mass is 385 g/mol. The molecule has 148 valence electrons.